The number of carbonyl (C=O) groups is 3. The van der Waals surface area contributed by atoms with Gasteiger partial charge in [-0.3, -0.25) is 9.59 Å². The van der Waals surface area contributed by atoms with Crippen LogP contribution in [0, 0.1) is 23.2 Å². The number of nitrogens with one attached hydrogen (secondary N) is 2. The number of aromatic nitrogens is 3. The first kappa shape index (κ1) is 34.5. The molecule has 2 aliphatic heterocycles. The standard InChI is InChI=1S/C33H46N6O8/c1-19(2)25(37-30(42)47-31(3,4)5)29(41)38-28-21-13-14-23(39(21)36-18-35-28)33(17-34)27-26(45-32(6,7)46-27)22(44-33)16-43-24(40)15-20-11-9-8-10-12-20/h13-14,18-20,22,25-27H,8-12,15-16H2,1-7H3,(H,37,42)(H,35,36,38,41)/t22-,25?,26-,27-,33+/m1/s1. The van der Waals surface area contributed by atoms with Gasteiger partial charge in [0.05, 0.1) is 5.69 Å². The van der Waals surface area contributed by atoms with Gasteiger partial charge in [0.15, 0.2) is 11.6 Å². The van der Waals surface area contributed by atoms with Crippen LogP contribution in [0.3, 0.4) is 0 Å². The summed E-state index contributed by atoms with van der Waals surface area (Å²) in [6.07, 6.45) is 4.01. The first-order valence-electron chi connectivity index (χ1n) is 16.4. The lowest BCUT2D eigenvalue weighted by molar-refractivity contribution is -0.207. The minimum absolute atomic E-state index is 0.101. The number of nitrogens with zero attached hydrogens (tertiary/aromatic N) is 4. The third-order valence-corrected chi connectivity index (χ3v) is 8.68. The monoisotopic (exact) mass is 654 g/mol. The largest absolute Gasteiger partial charge is 0.463 e. The van der Waals surface area contributed by atoms with Crippen molar-refractivity contribution in [3.8, 4) is 6.07 Å². The molecular weight excluding hydrogens is 608 g/mol. The van der Waals surface area contributed by atoms with Crippen LogP contribution in [0.5, 0.6) is 0 Å². The summed E-state index contributed by atoms with van der Waals surface area (Å²) in [5, 5.41) is 20.5. The van der Waals surface area contributed by atoms with Crippen LogP contribution in [0.4, 0.5) is 10.6 Å². The van der Waals surface area contributed by atoms with Gasteiger partial charge in [0, 0.05) is 6.42 Å². The van der Waals surface area contributed by atoms with Crippen LogP contribution in [0.25, 0.3) is 5.52 Å². The van der Waals surface area contributed by atoms with E-state index in [0.29, 0.717) is 23.5 Å². The first-order valence-corrected chi connectivity index (χ1v) is 16.4. The smallest absolute Gasteiger partial charge is 0.408 e. The van der Waals surface area contributed by atoms with Gasteiger partial charge in [-0.1, -0.05) is 33.1 Å². The molecule has 5 atom stereocenters. The molecule has 3 aliphatic rings. The summed E-state index contributed by atoms with van der Waals surface area (Å²) in [4.78, 5) is 42.9. The molecule has 2 saturated heterocycles. The highest BCUT2D eigenvalue weighted by atomic mass is 16.8. The Morgan fingerprint density at radius 2 is 1.85 bits per heavy atom. The van der Waals surface area contributed by atoms with E-state index in [-0.39, 0.29) is 24.3 Å². The first-order chi connectivity index (χ1) is 22.1. The van der Waals surface area contributed by atoms with Crippen molar-refractivity contribution in [3.05, 3.63) is 24.2 Å². The van der Waals surface area contributed by atoms with E-state index >= 15 is 0 Å². The summed E-state index contributed by atoms with van der Waals surface area (Å²) in [5.41, 5.74) is -1.72. The molecule has 1 saturated carbocycles. The van der Waals surface area contributed by atoms with Crippen molar-refractivity contribution in [3.63, 3.8) is 0 Å². The van der Waals surface area contributed by atoms with Gasteiger partial charge >= 0.3 is 12.1 Å². The van der Waals surface area contributed by atoms with Crippen LogP contribution in [-0.2, 0) is 38.9 Å². The third kappa shape index (κ3) is 7.52. The molecule has 256 valence electrons. The third-order valence-electron chi connectivity index (χ3n) is 8.68. The lowest BCUT2D eigenvalue weighted by Crippen LogP contribution is -2.48. The van der Waals surface area contributed by atoms with Crippen LogP contribution in [-0.4, -0.2) is 74.9 Å². The molecular formula is C33H46N6O8. The Balaban J connectivity index is 1.37. The molecule has 14 heteroatoms. The van der Waals surface area contributed by atoms with Crippen molar-refractivity contribution in [1.82, 2.24) is 19.9 Å². The van der Waals surface area contributed by atoms with Gasteiger partial charge in [-0.15, -0.1) is 0 Å². The fourth-order valence-electron chi connectivity index (χ4n) is 6.57. The van der Waals surface area contributed by atoms with E-state index in [1.54, 1.807) is 60.6 Å². The number of carbonyl (C=O) groups excluding carboxylic acids is 3. The molecule has 1 aliphatic carbocycles. The average molecular weight is 655 g/mol. The van der Waals surface area contributed by atoms with E-state index in [9.17, 15) is 19.6 Å². The van der Waals surface area contributed by atoms with Gasteiger partial charge in [-0.05, 0) is 71.4 Å². The Morgan fingerprint density at radius 1 is 1.13 bits per heavy atom. The minimum atomic E-state index is -1.69. The SMILES string of the molecule is CC(C)C(NC(=O)OC(C)(C)C)C(=O)Nc1ncnn2c([C@]3(C#N)O[C@H](COC(=O)CC4CCCCC4)[C@H]4OC(C)(C)O[C@H]43)ccc12. The van der Waals surface area contributed by atoms with E-state index in [1.807, 2.05) is 0 Å². The summed E-state index contributed by atoms with van der Waals surface area (Å²) < 4.78 is 31.3. The van der Waals surface area contributed by atoms with Gasteiger partial charge in [0.25, 0.3) is 0 Å². The molecule has 0 radical (unpaired) electrons. The predicted molar refractivity (Wildman–Crippen MR) is 168 cm³/mol. The summed E-state index contributed by atoms with van der Waals surface area (Å²) in [7, 11) is 0. The molecule has 2 aromatic rings. The highest BCUT2D eigenvalue weighted by Crippen LogP contribution is 2.49. The Morgan fingerprint density at radius 3 is 2.51 bits per heavy atom. The number of amides is 2. The fourth-order valence-corrected chi connectivity index (χ4v) is 6.57. The highest BCUT2D eigenvalue weighted by Gasteiger charge is 2.65. The molecule has 2 amide bonds. The molecule has 0 spiro atoms. The average Bonchev–Trinajstić information content (AvgIpc) is 3.65. The van der Waals surface area contributed by atoms with Crippen molar-refractivity contribution in [2.75, 3.05) is 11.9 Å². The minimum Gasteiger partial charge on any atom is -0.463 e. The van der Waals surface area contributed by atoms with E-state index in [2.05, 4.69) is 26.8 Å². The molecule has 5 rings (SSSR count). The van der Waals surface area contributed by atoms with Crippen LogP contribution < -0.4 is 10.6 Å². The summed E-state index contributed by atoms with van der Waals surface area (Å²) in [6.45, 7) is 12.2. The number of esters is 1. The van der Waals surface area contributed by atoms with Crippen LogP contribution in [0.1, 0.15) is 92.7 Å². The molecule has 14 nitrogen and oxygen atoms in total. The van der Waals surface area contributed by atoms with E-state index in [4.69, 9.17) is 23.7 Å². The zero-order valence-corrected chi connectivity index (χ0v) is 28.2. The molecule has 2 N–H and O–H groups in total. The lowest BCUT2D eigenvalue weighted by Gasteiger charge is -2.29. The van der Waals surface area contributed by atoms with Crippen molar-refractivity contribution < 1.29 is 38.1 Å². The maximum Gasteiger partial charge on any atom is 0.408 e. The number of ether oxygens (including phenoxy) is 5. The van der Waals surface area contributed by atoms with Crippen molar-refractivity contribution in [2.24, 2.45) is 11.8 Å². The van der Waals surface area contributed by atoms with Crippen LogP contribution in [0.2, 0.25) is 0 Å². The zero-order valence-electron chi connectivity index (χ0n) is 28.2. The fraction of sp³-hybridized carbons (Fsp3) is 0.697. The highest BCUT2D eigenvalue weighted by molar-refractivity contribution is 5.98. The van der Waals surface area contributed by atoms with Crippen molar-refractivity contribution in [2.45, 2.75) is 128 Å². The number of hydrogen-bond donors (Lipinski definition) is 2. The molecule has 1 unspecified atom stereocenters. The number of rotatable bonds is 9. The van der Waals surface area contributed by atoms with Crippen molar-refractivity contribution >= 4 is 29.3 Å². The Labute approximate surface area is 274 Å². The molecule has 0 aromatic carbocycles. The number of hydrogen-bond acceptors (Lipinski definition) is 11. The zero-order chi connectivity index (χ0) is 34.1. The normalized spacial score (nSPS) is 26.4. The van der Waals surface area contributed by atoms with Crippen LogP contribution in [0.15, 0.2) is 18.5 Å². The molecule has 0 bridgehead atoms. The van der Waals surface area contributed by atoms with Gasteiger partial charge in [-0.25, -0.2) is 14.3 Å². The van der Waals surface area contributed by atoms with E-state index in [0.717, 1.165) is 25.7 Å². The molecule has 3 fully saturated rings. The second-order valence-electron chi connectivity index (χ2n) is 14.4. The van der Waals surface area contributed by atoms with Gasteiger partial charge in [0.1, 0.15) is 54.5 Å². The maximum absolute atomic E-state index is 13.4. The second kappa shape index (κ2) is 13.4. The maximum atomic E-state index is 13.4. The second-order valence-corrected chi connectivity index (χ2v) is 14.4. The Kier molecular flexibility index (Phi) is 9.82. The van der Waals surface area contributed by atoms with Gasteiger partial charge < -0.3 is 34.3 Å². The number of nitriles is 1. The van der Waals surface area contributed by atoms with Crippen molar-refractivity contribution in [1.29, 1.82) is 5.26 Å². The van der Waals surface area contributed by atoms with E-state index in [1.165, 1.54) is 17.3 Å². The molecule has 2 aromatic heterocycles. The van der Waals surface area contributed by atoms with Gasteiger partial charge in [0.2, 0.25) is 11.5 Å². The number of fused-ring (bicyclic) bond motifs is 2. The lowest BCUT2D eigenvalue weighted by atomic mass is 9.87. The topological polar surface area (TPSA) is 175 Å². The number of anilines is 1. The molecule has 47 heavy (non-hydrogen) atoms. The van der Waals surface area contributed by atoms with Gasteiger partial charge in [-0.2, -0.15) is 10.4 Å². The predicted octanol–water partition coefficient (Wildman–Crippen LogP) is 4.37. The summed E-state index contributed by atoms with van der Waals surface area (Å²) in [6, 6.07) is 4.69. The Hall–Kier alpha value is -3.80. The van der Waals surface area contributed by atoms with E-state index < -0.39 is 53.3 Å². The number of alkyl carbamates (subject to hydrolysis) is 1. The quantitative estimate of drug-likeness (QED) is 0.367. The Bertz CT molecular complexity index is 1520. The molecule has 4 heterocycles. The summed E-state index contributed by atoms with van der Waals surface area (Å²) in [5.74, 6) is -1.63. The van der Waals surface area contributed by atoms with Crippen LogP contribution >= 0.6 is 0 Å². The summed E-state index contributed by atoms with van der Waals surface area (Å²) >= 11 is 0.